The molecule has 0 saturated carbocycles. The van der Waals surface area contributed by atoms with Crippen LogP contribution in [0.4, 0.5) is 0 Å². The number of hydrogen-bond acceptors (Lipinski definition) is 3. The monoisotopic (exact) mass is 261 g/mol. The molecule has 102 valence electrons. The standard InChI is InChI=1S/C14H19N3O2/c1-4-13(11(3)18)17-14(19)16(9-15-17)12-7-5-10(2)6-8-12/h5-9,11,13,18H,4H2,1-3H3/t11-,13?/m1/s1. The second kappa shape index (κ2) is 5.40. The Bertz CT molecular complexity index is 596. The second-order valence-corrected chi connectivity index (χ2v) is 4.78. The van der Waals surface area contributed by atoms with Gasteiger partial charge in [-0.1, -0.05) is 24.6 Å². The van der Waals surface area contributed by atoms with E-state index in [9.17, 15) is 9.90 Å². The van der Waals surface area contributed by atoms with Crippen LogP contribution in [0.15, 0.2) is 35.4 Å². The summed E-state index contributed by atoms with van der Waals surface area (Å²) < 4.78 is 2.84. The Hall–Kier alpha value is -1.88. The van der Waals surface area contributed by atoms with E-state index in [1.807, 2.05) is 38.1 Å². The lowest BCUT2D eigenvalue weighted by molar-refractivity contribution is 0.118. The Morgan fingerprint density at radius 3 is 2.47 bits per heavy atom. The molecule has 0 spiro atoms. The van der Waals surface area contributed by atoms with Gasteiger partial charge in [-0.2, -0.15) is 5.10 Å². The van der Waals surface area contributed by atoms with E-state index in [0.29, 0.717) is 6.42 Å². The summed E-state index contributed by atoms with van der Waals surface area (Å²) in [5.41, 5.74) is 1.69. The summed E-state index contributed by atoms with van der Waals surface area (Å²) in [4.78, 5) is 12.3. The normalized spacial score (nSPS) is 14.3. The van der Waals surface area contributed by atoms with Gasteiger partial charge in [0, 0.05) is 0 Å². The summed E-state index contributed by atoms with van der Waals surface area (Å²) in [6, 6.07) is 7.37. The molecule has 1 N–H and O–H groups in total. The van der Waals surface area contributed by atoms with Crippen molar-refractivity contribution in [2.24, 2.45) is 0 Å². The van der Waals surface area contributed by atoms with Crippen LogP contribution in [-0.4, -0.2) is 25.6 Å². The van der Waals surface area contributed by atoms with Crippen molar-refractivity contribution in [1.29, 1.82) is 0 Å². The molecule has 19 heavy (non-hydrogen) atoms. The fraction of sp³-hybridized carbons (Fsp3) is 0.429. The van der Waals surface area contributed by atoms with Crippen LogP contribution in [-0.2, 0) is 0 Å². The predicted octanol–water partition coefficient (Wildman–Crippen LogP) is 1.67. The Kier molecular flexibility index (Phi) is 3.85. The van der Waals surface area contributed by atoms with Crippen LogP contribution in [0.2, 0.25) is 0 Å². The molecule has 0 saturated heterocycles. The van der Waals surface area contributed by atoms with Crippen molar-refractivity contribution in [1.82, 2.24) is 14.3 Å². The first-order valence-corrected chi connectivity index (χ1v) is 6.46. The lowest BCUT2D eigenvalue weighted by Gasteiger charge is -2.16. The molecule has 0 aliphatic rings. The Morgan fingerprint density at radius 1 is 1.32 bits per heavy atom. The van der Waals surface area contributed by atoms with Crippen molar-refractivity contribution >= 4 is 0 Å². The summed E-state index contributed by atoms with van der Waals surface area (Å²) in [6.07, 6.45) is 1.55. The third kappa shape index (κ3) is 2.61. The van der Waals surface area contributed by atoms with Crippen LogP contribution < -0.4 is 5.69 Å². The first-order valence-electron chi connectivity index (χ1n) is 6.46. The second-order valence-electron chi connectivity index (χ2n) is 4.78. The quantitative estimate of drug-likeness (QED) is 0.910. The minimum absolute atomic E-state index is 0.225. The Balaban J connectivity index is 2.43. The van der Waals surface area contributed by atoms with Gasteiger partial charge in [0.2, 0.25) is 0 Å². The van der Waals surface area contributed by atoms with Crippen molar-refractivity contribution in [3.8, 4) is 5.69 Å². The van der Waals surface area contributed by atoms with Crippen LogP contribution >= 0.6 is 0 Å². The van der Waals surface area contributed by atoms with Gasteiger partial charge in [0.1, 0.15) is 6.33 Å². The molecule has 1 unspecified atom stereocenters. The molecular weight excluding hydrogens is 242 g/mol. The van der Waals surface area contributed by atoms with E-state index < -0.39 is 6.10 Å². The van der Waals surface area contributed by atoms with Crippen molar-refractivity contribution in [3.05, 3.63) is 46.6 Å². The zero-order valence-corrected chi connectivity index (χ0v) is 11.4. The van der Waals surface area contributed by atoms with Gasteiger partial charge < -0.3 is 5.11 Å². The van der Waals surface area contributed by atoms with E-state index in [-0.39, 0.29) is 11.7 Å². The molecule has 1 heterocycles. The van der Waals surface area contributed by atoms with Crippen LogP contribution in [0.1, 0.15) is 31.9 Å². The van der Waals surface area contributed by atoms with Crippen molar-refractivity contribution in [2.45, 2.75) is 39.3 Å². The molecule has 0 radical (unpaired) electrons. The molecule has 2 rings (SSSR count). The number of rotatable bonds is 4. The van der Waals surface area contributed by atoms with Crippen LogP contribution in [0.3, 0.4) is 0 Å². The third-order valence-corrected chi connectivity index (χ3v) is 3.29. The third-order valence-electron chi connectivity index (χ3n) is 3.29. The summed E-state index contributed by atoms with van der Waals surface area (Å²) in [5, 5.41) is 13.8. The molecule has 0 aliphatic carbocycles. The number of benzene rings is 1. The topological polar surface area (TPSA) is 60.0 Å². The molecule has 2 atom stereocenters. The Morgan fingerprint density at radius 2 is 1.95 bits per heavy atom. The van der Waals surface area contributed by atoms with E-state index in [1.54, 1.807) is 6.92 Å². The first-order chi connectivity index (χ1) is 9.04. The Labute approximate surface area is 112 Å². The average Bonchev–Trinajstić information content (AvgIpc) is 2.73. The van der Waals surface area contributed by atoms with E-state index in [1.165, 1.54) is 15.6 Å². The summed E-state index contributed by atoms with van der Waals surface area (Å²) >= 11 is 0. The number of nitrogens with zero attached hydrogens (tertiary/aromatic N) is 3. The average molecular weight is 261 g/mol. The molecule has 5 heteroatoms. The zero-order chi connectivity index (χ0) is 14.0. The maximum absolute atomic E-state index is 12.3. The van der Waals surface area contributed by atoms with E-state index in [0.717, 1.165) is 11.3 Å². The van der Waals surface area contributed by atoms with Gasteiger partial charge in [0.05, 0.1) is 17.8 Å². The highest BCUT2D eigenvalue weighted by Gasteiger charge is 2.19. The smallest absolute Gasteiger partial charge is 0.350 e. The fourth-order valence-corrected chi connectivity index (χ4v) is 2.14. The predicted molar refractivity (Wildman–Crippen MR) is 73.6 cm³/mol. The maximum atomic E-state index is 12.3. The highest BCUT2D eigenvalue weighted by Crippen LogP contribution is 2.13. The summed E-state index contributed by atoms with van der Waals surface area (Å²) in [6.45, 7) is 5.59. The van der Waals surface area contributed by atoms with Gasteiger partial charge in [0.25, 0.3) is 0 Å². The highest BCUT2D eigenvalue weighted by molar-refractivity contribution is 5.33. The number of aliphatic hydroxyl groups excluding tert-OH is 1. The molecule has 0 aliphatic heterocycles. The van der Waals surface area contributed by atoms with Crippen molar-refractivity contribution in [2.75, 3.05) is 0 Å². The fourth-order valence-electron chi connectivity index (χ4n) is 2.14. The first kappa shape index (κ1) is 13.5. The largest absolute Gasteiger partial charge is 0.391 e. The van der Waals surface area contributed by atoms with E-state index in [4.69, 9.17) is 0 Å². The number of aliphatic hydroxyl groups is 1. The molecule has 5 nitrogen and oxygen atoms in total. The van der Waals surface area contributed by atoms with Crippen molar-refractivity contribution in [3.63, 3.8) is 0 Å². The molecular formula is C14H19N3O2. The molecule has 0 fully saturated rings. The van der Waals surface area contributed by atoms with Gasteiger partial charge in [-0.3, -0.25) is 0 Å². The van der Waals surface area contributed by atoms with Gasteiger partial charge in [0.15, 0.2) is 0 Å². The molecule has 1 aromatic carbocycles. The van der Waals surface area contributed by atoms with Gasteiger partial charge in [-0.25, -0.2) is 14.0 Å². The maximum Gasteiger partial charge on any atom is 0.350 e. The molecule has 1 aromatic heterocycles. The SMILES string of the molecule is CCC([C@@H](C)O)n1ncn(-c2ccc(C)cc2)c1=O. The number of aromatic nitrogens is 3. The lowest BCUT2D eigenvalue weighted by Crippen LogP contribution is -2.32. The minimum atomic E-state index is -0.607. The minimum Gasteiger partial charge on any atom is -0.391 e. The summed E-state index contributed by atoms with van der Waals surface area (Å²) in [5.74, 6) is 0. The molecule has 0 amide bonds. The summed E-state index contributed by atoms with van der Waals surface area (Å²) in [7, 11) is 0. The van der Waals surface area contributed by atoms with Gasteiger partial charge >= 0.3 is 5.69 Å². The van der Waals surface area contributed by atoms with Gasteiger partial charge in [-0.05, 0) is 32.4 Å². The lowest BCUT2D eigenvalue weighted by atomic mass is 10.1. The number of hydrogen-bond donors (Lipinski definition) is 1. The van der Waals surface area contributed by atoms with E-state index in [2.05, 4.69) is 5.10 Å². The van der Waals surface area contributed by atoms with Gasteiger partial charge in [-0.15, -0.1) is 0 Å². The van der Waals surface area contributed by atoms with Crippen LogP contribution in [0, 0.1) is 6.92 Å². The van der Waals surface area contributed by atoms with Crippen LogP contribution in [0.25, 0.3) is 5.69 Å². The molecule has 2 aromatic rings. The zero-order valence-electron chi connectivity index (χ0n) is 11.4. The van der Waals surface area contributed by atoms with Crippen LogP contribution in [0.5, 0.6) is 0 Å². The van der Waals surface area contributed by atoms with Crippen molar-refractivity contribution < 1.29 is 5.11 Å². The highest BCUT2D eigenvalue weighted by atomic mass is 16.3. The van der Waals surface area contributed by atoms with E-state index >= 15 is 0 Å². The molecule has 0 bridgehead atoms. The number of aryl methyl sites for hydroxylation is 1.